The van der Waals surface area contributed by atoms with E-state index in [1.807, 2.05) is 71.3 Å². The van der Waals surface area contributed by atoms with Crippen LogP contribution in [0.2, 0.25) is 0 Å². The zero-order valence-corrected chi connectivity index (χ0v) is 14.4. The zero-order chi connectivity index (χ0) is 16.5. The Bertz CT molecular complexity index is 1030. The van der Waals surface area contributed by atoms with E-state index in [-0.39, 0.29) is 12.4 Å². The van der Waals surface area contributed by atoms with Gasteiger partial charge >= 0.3 is 0 Å². The van der Waals surface area contributed by atoms with E-state index in [0.29, 0.717) is 0 Å². The summed E-state index contributed by atoms with van der Waals surface area (Å²) in [6.07, 6.45) is 2.02. The highest BCUT2D eigenvalue weighted by atomic mass is 35.5. The maximum absolute atomic E-state index is 5.90. The van der Waals surface area contributed by atoms with Gasteiger partial charge in [0, 0.05) is 11.9 Å². The monoisotopic (exact) mass is 352 g/mol. The normalized spacial score (nSPS) is 10.4. The summed E-state index contributed by atoms with van der Waals surface area (Å²) in [7, 11) is 1.65. The smallest absolute Gasteiger partial charge is 0.172 e. The first-order valence-corrected chi connectivity index (χ1v) is 7.60. The van der Waals surface area contributed by atoms with Gasteiger partial charge in [-0.1, -0.05) is 24.3 Å². The van der Waals surface area contributed by atoms with Gasteiger partial charge < -0.3 is 10.5 Å². The van der Waals surface area contributed by atoms with Crippen LogP contribution in [0.4, 0.5) is 5.69 Å². The van der Waals surface area contributed by atoms with Gasteiger partial charge in [-0.15, -0.1) is 22.6 Å². The van der Waals surface area contributed by atoms with Gasteiger partial charge in [-0.05, 0) is 47.5 Å². The number of benzene rings is 2. The first-order valence-electron chi connectivity index (χ1n) is 7.60. The first kappa shape index (κ1) is 16.8. The molecule has 0 bridgehead atoms. The number of halogens is 1. The number of hydrogen-bond acceptors (Lipinski definition) is 4. The molecule has 2 aromatic heterocycles. The lowest BCUT2D eigenvalue weighted by Crippen LogP contribution is -1.94. The Labute approximate surface area is 151 Å². The molecule has 0 saturated carbocycles. The topological polar surface area (TPSA) is 65.4 Å². The molecular weight excluding hydrogens is 336 g/mol. The fraction of sp³-hybridized carbons (Fsp3) is 0.0526. The van der Waals surface area contributed by atoms with Crippen molar-refractivity contribution in [3.8, 4) is 28.3 Å². The van der Waals surface area contributed by atoms with E-state index in [1.54, 1.807) is 7.11 Å². The molecule has 5 nitrogen and oxygen atoms in total. The van der Waals surface area contributed by atoms with Crippen LogP contribution in [0.5, 0.6) is 5.75 Å². The first-order chi connectivity index (χ1) is 11.8. The van der Waals surface area contributed by atoms with E-state index in [4.69, 9.17) is 10.5 Å². The standard InChI is InChI=1S/C19H16N4O.ClH/c1-24-17-8-3-2-7-16(17)19-22-21-18-10-9-14(12-23(18)19)13-5-4-6-15(20)11-13;/h2-12H,20H2,1H3;1H. The summed E-state index contributed by atoms with van der Waals surface area (Å²) in [5.74, 6) is 1.51. The van der Waals surface area contributed by atoms with Crippen LogP contribution in [0.3, 0.4) is 0 Å². The molecule has 0 radical (unpaired) electrons. The molecule has 0 amide bonds. The van der Waals surface area contributed by atoms with Crippen molar-refractivity contribution in [2.75, 3.05) is 12.8 Å². The average Bonchev–Trinajstić information content (AvgIpc) is 3.04. The highest BCUT2D eigenvalue weighted by Gasteiger charge is 2.13. The van der Waals surface area contributed by atoms with Gasteiger partial charge in [-0.25, -0.2) is 0 Å². The number of nitrogens with two attached hydrogens (primary N) is 1. The third-order valence-corrected chi connectivity index (χ3v) is 3.97. The summed E-state index contributed by atoms with van der Waals surface area (Å²) in [5, 5.41) is 8.59. The number of fused-ring (bicyclic) bond motifs is 1. The van der Waals surface area contributed by atoms with E-state index >= 15 is 0 Å². The molecule has 0 aliphatic rings. The van der Waals surface area contributed by atoms with Crippen LogP contribution in [-0.4, -0.2) is 21.7 Å². The number of ether oxygens (including phenoxy) is 1. The fourth-order valence-electron chi connectivity index (χ4n) is 2.79. The van der Waals surface area contributed by atoms with Crippen LogP contribution >= 0.6 is 12.4 Å². The predicted molar refractivity (Wildman–Crippen MR) is 102 cm³/mol. The van der Waals surface area contributed by atoms with Crippen LogP contribution in [0.1, 0.15) is 0 Å². The van der Waals surface area contributed by atoms with Crippen LogP contribution < -0.4 is 10.5 Å². The third-order valence-electron chi connectivity index (χ3n) is 3.97. The molecule has 4 rings (SSSR count). The zero-order valence-electron chi connectivity index (χ0n) is 13.6. The van der Waals surface area contributed by atoms with E-state index in [9.17, 15) is 0 Å². The summed E-state index contributed by atoms with van der Waals surface area (Å²) in [5.41, 5.74) is 10.4. The van der Waals surface area contributed by atoms with Crippen molar-refractivity contribution in [3.63, 3.8) is 0 Å². The quantitative estimate of drug-likeness (QED) is 0.564. The fourth-order valence-corrected chi connectivity index (χ4v) is 2.79. The van der Waals surface area contributed by atoms with E-state index < -0.39 is 0 Å². The van der Waals surface area contributed by atoms with Crippen molar-refractivity contribution < 1.29 is 4.74 Å². The van der Waals surface area contributed by atoms with Gasteiger partial charge in [0.05, 0.1) is 12.7 Å². The van der Waals surface area contributed by atoms with Crippen LogP contribution in [0.15, 0.2) is 66.9 Å². The Hall–Kier alpha value is -3.05. The predicted octanol–water partition coefficient (Wildman–Crippen LogP) is 4.08. The second-order valence-corrected chi connectivity index (χ2v) is 5.50. The van der Waals surface area contributed by atoms with Gasteiger partial charge in [-0.3, -0.25) is 4.40 Å². The number of rotatable bonds is 3. The van der Waals surface area contributed by atoms with Gasteiger partial charge in [0.2, 0.25) is 0 Å². The van der Waals surface area contributed by atoms with Gasteiger partial charge in [0.1, 0.15) is 5.75 Å². The average molecular weight is 353 g/mol. The molecule has 0 unspecified atom stereocenters. The minimum atomic E-state index is 0. The second-order valence-electron chi connectivity index (χ2n) is 5.50. The molecule has 0 spiro atoms. The highest BCUT2D eigenvalue weighted by molar-refractivity contribution is 5.85. The molecule has 6 heteroatoms. The SMILES string of the molecule is COc1ccccc1-c1nnc2ccc(-c3cccc(N)c3)cn12.Cl. The molecule has 2 heterocycles. The lowest BCUT2D eigenvalue weighted by Gasteiger charge is -2.08. The number of anilines is 1. The Morgan fingerprint density at radius 3 is 2.56 bits per heavy atom. The lowest BCUT2D eigenvalue weighted by molar-refractivity contribution is 0.416. The molecule has 0 aliphatic heterocycles. The minimum absolute atomic E-state index is 0. The van der Waals surface area contributed by atoms with Gasteiger partial charge in [-0.2, -0.15) is 0 Å². The summed E-state index contributed by atoms with van der Waals surface area (Å²) in [6.45, 7) is 0. The molecular formula is C19H17ClN4O. The number of hydrogen-bond donors (Lipinski definition) is 1. The maximum atomic E-state index is 5.90. The summed E-state index contributed by atoms with van der Waals surface area (Å²) < 4.78 is 7.42. The number of nitrogens with zero attached hydrogens (tertiary/aromatic N) is 3. The van der Waals surface area contributed by atoms with Gasteiger partial charge in [0.15, 0.2) is 11.5 Å². The summed E-state index contributed by atoms with van der Waals surface area (Å²) in [6, 6.07) is 19.6. The molecule has 0 saturated heterocycles. The van der Waals surface area contributed by atoms with Crippen LogP contribution in [0.25, 0.3) is 28.2 Å². The van der Waals surface area contributed by atoms with Crippen molar-refractivity contribution in [1.82, 2.24) is 14.6 Å². The molecule has 0 aliphatic carbocycles. The van der Waals surface area contributed by atoms with Crippen LogP contribution in [-0.2, 0) is 0 Å². The summed E-state index contributed by atoms with van der Waals surface area (Å²) in [4.78, 5) is 0. The third kappa shape index (κ3) is 3.02. The van der Waals surface area contributed by atoms with Crippen LogP contribution in [0, 0.1) is 0 Å². The van der Waals surface area contributed by atoms with E-state index in [2.05, 4.69) is 10.2 Å². The number of aromatic nitrogens is 3. The summed E-state index contributed by atoms with van der Waals surface area (Å²) >= 11 is 0. The van der Waals surface area contributed by atoms with Gasteiger partial charge in [0.25, 0.3) is 0 Å². The highest BCUT2D eigenvalue weighted by Crippen LogP contribution is 2.30. The van der Waals surface area contributed by atoms with Crippen molar-refractivity contribution in [2.24, 2.45) is 0 Å². The molecule has 4 aromatic rings. The molecule has 25 heavy (non-hydrogen) atoms. The number of nitrogen functional groups attached to an aromatic ring is 1. The second kappa shape index (κ2) is 6.83. The van der Waals surface area contributed by atoms with Crippen molar-refractivity contribution in [1.29, 1.82) is 0 Å². The molecule has 0 fully saturated rings. The Kier molecular flexibility index (Phi) is 4.59. The van der Waals surface area contributed by atoms with Crippen molar-refractivity contribution in [3.05, 3.63) is 66.9 Å². The maximum Gasteiger partial charge on any atom is 0.172 e. The molecule has 2 aromatic carbocycles. The van der Waals surface area contributed by atoms with E-state index in [1.165, 1.54) is 0 Å². The van der Waals surface area contributed by atoms with E-state index in [0.717, 1.165) is 39.6 Å². The minimum Gasteiger partial charge on any atom is -0.496 e. The molecule has 126 valence electrons. The van der Waals surface area contributed by atoms with Crippen molar-refractivity contribution >= 4 is 23.7 Å². The Balaban J connectivity index is 0.00000182. The lowest BCUT2D eigenvalue weighted by atomic mass is 10.1. The number of para-hydroxylation sites is 1. The Morgan fingerprint density at radius 2 is 1.76 bits per heavy atom. The van der Waals surface area contributed by atoms with Crippen molar-refractivity contribution in [2.45, 2.75) is 0 Å². The largest absolute Gasteiger partial charge is 0.496 e. The molecule has 2 N–H and O–H groups in total. The number of methoxy groups -OCH3 is 1. The molecule has 0 atom stereocenters. The Morgan fingerprint density at radius 1 is 0.920 bits per heavy atom. The number of pyridine rings is 1.